The van der Waals surface area contributed by atoms with E-state index in [9.17, 15) is 5.11 Å². The minimum Gasteiger partial charge on any atom is -0.506 e. The lowest BCUT2D eigenvalue weighted by Gasteiger charge is -2.21. The van der Waals surface area contributed by atoms with E-state index in [1.807, 2.05) is 39.8 Å². The molecule has 0 aliphatic heterocycles. The molecule has 0 aromatic heterocycles. The zero-order chi connectivity index (χ0) is 14.6. The molecular weight excluding hydrogens is 326 g/mol. The van der Waals surface area contributed by atoms with E-state index >= 15 is 0 Å². The number of thiocarbonyl (C=S) groups is 1. The van der Waals surface area contributed by atoms with Crippen LogP contribution in [0.3, 0.4) is 0 Å². The molecule has 0 bridgehead atoms. The fourth-order valence-electron chi connectivity index (χ4n) is 1.39. The Labute approximate surface area is 127 Å². The van der Waals surface area contributed by atoms with E-state index in [4.69, 9.17) is 12.2 Å². The topological polar surface area (TPSA) is 56.7 Å². The molecule has 0 saturated carbocycles. The van der Waals surface area contributed by atoms with Crippen LogP contribution in [0.5, 0.6) is 5.75 Å². The third-order valence-electron chi connectivity index (χ3n) is 2.10. The maximum absolute atomic E-state index is 9.86. The van der Waals surface area contributed by atoms with Crippen molar-refractivity contribution in [3.05, 3.63) is 27.7 Å². The average Bonchev–Trinajstić information content (AvgIpc) is 2.22. The summed E-state index contributed by atoms with van der Waals surface area (Å²) < 4.78 is 0.643. The molecule has 0 unspecified atom stereocenters. The summed E-state index contributed by atoms with van der Waals surface area (Å²) in [6.07, 6.45) is 1.53. The summed E-state index contributed by atoms with van der Waals surface area (Å²) in [6.45, 7) is 7.97. The highest BCUT2D eigenvalue weighted by molar-refractivity contribution is 9.10. The first-order valence-corrected chi connectivity index (χ1v) is 6.99. The van der Waals surface area contributed by atoms with Crippen LogP contribution in [-0.4, -0.2) is 22.0 Å². The van der Waals surface area contributed by atoms with Gasteiger partial charge < -0.3 is 10.4 Å². The van der Waals surface area contributed by atoms with Gasteiger partial charge in [0, 0.05) is 11.1 Å². The van der Waals surface area contributed by atoms with Crippen molar-refractivity contribution in [1.29, 1.82) is 0 Å². The molecule has 0 amide bonds. The molecule has 1 aromatic rings. The largest absolute Gasteiger partial charge is 0.506 e. The number of hydrazone groups is 1. The van der Waals surface area contributed by atoms with Gasteiger partial charge in [-0.05, 0) is 73.5 Å². The Morgan fingerprint density at radius 1 is 1.42 bits per heavy atom. The number of nitrogens with one attached hydrogen (secondary N) is 2. The lowest BCUT2D eigenvalue weighted by atomic mass is 10.1. The molecule has 0 spiro atoms. The van der Waals surface area contributed by atoms with Crippen molar-refractivity contribution in [2.24, 2.45) is 5.10 Å². The highest BCUT2D eigenvalue weighted by Crippen LogP contribution is 2.27. The maximum atomic E-state index is 9.86. The summed E-state index contributed by atoms with van der Waals surface area (Å²) in [4.78, 5) is 0. The standard InChI is InChI=1S/C13H18BrN3OS/c1-8-5-9(11(18)10(14)6-8)7-15-17-12(19)16-13(2,3)4/h5-7,18H,1-4H3,(H2,16,17,19). The number of hydrogen-bond donors (Lipinski definition) is 3. The van der Waals surface area contributed by atoms with Crippen LogP contribution in [0, 0.1) is 6.92 Å². The Hall–Kier alpha value is -1.14. The molecule has 4 nitrogen and oxygen atoms in total. The lowest BCUT2D eigenvalue weighted by molar-refractivity contribution is 0.471. The van der Waals surface area contributed by atoms with Crippen LogP contribution < -0.4 is 10.7 Å². The van der Waals surface area contributed by atoms with Gasteiger partial charge in [-0.15, -0.1) is 0 Å². The van der Waals surface area contributed by atoms with Gasteiger partial charge in [-0.2, -0.15) is 5.10 Å². The normalized spacial score (nSPS) is 11.6. The molecule has 6 heteroatoms. The van der Waals surface area contributed by atoms with Crippen LogP contribution in [0.4, 0.5) is 0 Å². The van der Waals surface area contributed by atoms with Crippen molar-refractivity contribution in [3.63, 3.8) is 0 Å². The molecule has 0 saturated heterocycles. The Balaban J connectivity index is 2.71. The van der Waals surface area contributed by atoms with E-state index in [2.05, 4.69) is 31.8 Å². The Bertz CT molecular complexity index is 509. The van der Waals surface area contributed by atoms with Crippen molar-refractivity contribution in [3.8, 4) is 5.75 Å². The molecule has 1 aromatic carbocycles. The van der Waals surface area contributed by atoms with Crippen LogP contribution in [0.1, 0.15) is 31.9 Å². The van der Waals surface area contributed by atoms with Crippen LogP contribution in [0.25, 0.3) is 0 Å². The smallest absolute Gasteiger partial charge is 0.187 e. The molecule has 1 rings (SSSR count). The SMILES string of the molecule is Cc1cc(Br)c(O)c(C=NNC(=S)NC(C)(C)C)c1. The van der Waals surface area contributed by atoms with Crippen molar-refractivity contribution in [1.82, 2.24) is 10.7 Å². The van der Waals surface area contributed by atoms with E-state index in [-0.39, 0.29) is 11.3 Å². The Morgan fingerprint density at radius 3 is 2.63 bits per heavy atom. The number of phenols is 1. The lowest BCUT2D eigenvalue weighted by Crippen LogP contribution is -2.44. The number of halogens is 1. The van der Waals surface area contributed by atoms with Gasteiger partial charge in [-0.1, -0.05) is 0 Å². The van der Waals surface area contributed by atoms with Gasteiger partial charge in [0.15, 0.2) is 5.11 Å². The van der Waals surface area contributed by atoms with E-state index in [0.29, 0.717) is 15.1 Å². The van der Waals surface area contributed by atoms with E-state index < -0.39 is 0 Å². The van der Waals surface area contributed by atoms with Gasteiger partial charge in [-0.3, -0.25) is 5.43 Å². The monoisotopic (exact) mass is 343 g/mol. The summed E-state index contributed by atoms with van der Waals surface area (Å²) >= 11 is 8.38. The summed E-state index contributed by atoms with van der Waals surface area (Å²) in [5.74, 6) is 0.158. The van der Waals surface area contributed by atoms with Crippen LogP contribution in [-0.2, 0) is 0 Å². The van der Waals surface area contributed by atoms with Crippen molar-refractivity contribution < 1.29 is 5.11 Å². The summed E-state index contributed by atoms with van der Waals surface area (Å²) in [6, 6.07) is 3.68. The molecule has 104 valence electrons. The van der Waals surface area contributed by atoms with Crippen molar-refractivity contribution >= 4 is 39.5 Å². The van der Waals surface area contributed by atoms with E-state index in [1.165, 1.54) is 6.21 Å². The van der Waals surface area contributed by atoms with Gasteiger partial charge in [0.2, 0.25) is 0 Å². The first-order chi connectivity index (χ1) is 8.69. The molecule has 0 fully saturated rings. The predicted octanol–water partition coefficient (Wildman–Crippen LogP) is 3.06. The number of benzene rings is 1. The minimum atomic E-state index is -0.117. The highest BCUT2D eigenvalue weighted by atomic mass is 79.9. The summed E-state index contributed by atoms with van der Waals surface area (Å²) in [5.41, 5.74) is 4.25. The molecular formula is C13H18BrN3OS. The highest BCUT2D eigenvalue weighted by Gasteiger charge is 2.10. The van der Waals surface area contributed by atoms with Crippen LogP contribution in [0.2, 0.25) is 0 Å². The third kappa shape index (κ3) is 5.57. The van der Waals surface area contributed by atoms with Gasteiger partial charge in [0.25, 0.3) is 0 Å². The zero-order valence-corrected chi connectivity index (χ0v) is 13.8. The second kappa shape index (κ2) is 6.34. The molecule has 3 N–H and O–H groups in total. The van der Waals surface area contributed by atoms with Gasteiger partial charge >= 0.3 is 0 Å². The molecule has 0 radical (unpaired) electrons. The summed E-state index contributed by atoms with van der Waals surface area (Å²) in [7, 11) is 0. The first-order valence-electron chi connectivity index (χ1n) is 5.79. The predicted molar refractivity (Wildman–Crippen MR) is 86.8 cm³/mol. The Kier molecular flexibility index (Phi) is 5.31. The van der Waals surface area contributed by atoms with Gasteiger partial charge in [0.05, 0.1) is 10.7 Å². The summed E-state index contributed by atoms with van der Waals surface area (Å²) in [5, 5.41) is 17.4. The Morgan fingerprint density at radius 2 is 2.05 bits per heavy atom. The van der Waals surface area contributed by atoms with Gasteiger partial charge in [-0.25, -0.2) is 0 Å². The number of aryl methyl sites for hydroxylation is 1. The fourth-order valence-corrected chi connectivity index (χ4v) is 2.34. The average molecular weight is 344 g/mol. The molecule has 0 aliphatic carbocycles. The van der Waals surface area contributed by atoms with E-state index in [1.54, 1.807) is 0 Å². The van der Waals surface area contributed by atoms with Crippen LogP contribution >= 0.6 is 28.1 Å². The zero-order valence-electron chi connectivity index (χ0n) is 11.4. The van der Waals surface area contributed by atoms with Crippen molar-refractivity contribution in [2.75, 3.05) is 0 Å². The second-order valence-electron chi connectivity index (χ2n) is 5.26. The molecule has 0 heterocycles. The van der Waals surface area contributed by atoms with E-state index in [0.717, 1.165) is 5.56 Å². The quantitative estimate of drug-likeness (QED) is 0.438. The van der Waals surface area contributed by atoms with Gasteiger partial charge in [0.1, 0.15) is 5.75 Å². The number of rotatable bonds is 2. The number of aromatic hydroxyl groups is 1. The minimum absolute atomic E-state index is 0.117. The number of phenolic OH excluding ortho intramolecular Hbond substituents is 1. The molecule has 0 aliphatic rings. The van der Waals surface area contributed by atoms with Crippen molar-refractivity contribution in [2.45, 2.75) is 33.2 Å². The fraction of sp³-hybridized carbons (Fsp3) is 0.385. The first kappa shape index (κ1) is 15.9. The second-order valence-corrected chi connectivity index (χ2v) is 6.52. The van der Waals surface area contributed by atoms with Crippen LogP contribution in [0.15, 0.2) is 21.7 Å². The molecule has 0 atom stereocenters. The number of nitrogens with zero attached hydrogens (tertiary/aromatic N) is 1. The third-order valence-corrected chi connectivity index (χ3v) is 2.89. The molecule has 19 heavy (non-hydrogen) atoms. The maximum Gasteiger partial charge on any atom is 0.187 e. The number of hydrogen-bond acceptors (Lipinski definition) is 3.